The van der Waals surface area contributed by atoms with Gasteiger partial charge in [-0.15, -0.1) is 11.3 Å². The fourth-order valence-electron chi connectivity index (χ4n) is 4.48. The summed E-state index contributed by atoms with van der Waals surface area (Å²) in [7, 11) is 0. The molecule has 0 spiro atoms. The standard InChI is InChI=1S/C27H26N4O3S/c32-24-15-20(29-26(33)25-11-6-14-35-25)12-13-21(24)22-16-23(19-9-4-5-10-19)31(30-22)27(34)28-17-18-7-2-1-3-8-18/h1-3,6-8,11-16,19,32H,4-5,9-10,17H2,(H,28,34)(H,29,33). The number of aromatic hydroxyl groups is 1. The van der Waals surface area contributed by atoms with Crippen molar-refractivity contribution in [3.05, 3.63) is 88.2 Å². The maximum absolute atomic E-state index is 13.1. The molecule has 8 heteroatoms. The number of thiophene rings is 1. The Morgan fingerprint density at radius 3 is 2.54 bits per heavy atom. The summed E-state index contributed by atoms with van der Waals surface area (Å²) in [6.07, 6.45) is 4.27. The average Bonchev–Trinajstić information content (AvgIpc) is 3.65. The normalized spacial score (nSPS) is 13.6. The van der Waals surface area contributed by atoms with E-state index in [0.29, 0.717) is 28.4 Å². The number of phenols is 1. The zero-order valence-electron chi connectivity index (χ0n) is 19.1. The van der Waals surface area contributed by atoms with Gasteiger partial charge in [0.15, 0.2) is 0 Å². The molecule has 2 heterocycles. The van der Waals surface area contributed by atoms with Crippen molar-refractivity contribution in [3.8, 4) is 17.0 Å². The molecule has 0 radical (unpaired) electrons. The van der Waals surface area contributed by atoms with E-state index in [9.17, 15) is 14.7 Å². The highest BCUT2D eigenvalue weighted by Gasteiger charge is 2.26. The van der Waals surface area contributed by atoms with E-state index in [4.69, 9.17) is 0 Å². The average molecular weight is 487 g/mol. The molecule has 1 fully saturated rings. The van der Waals surface area contributed by atoms with Crippen LogP contribution < -0.4 is 10.6 Å². The predicted octanol–water partition coefficient (Wildman–Crippen LogP) is 5.99. The van der Waals surface area contributed by atoms with E-state index in [1.165, 1.54) is 22.1 Å². The number of phenolic OH excluding ortho intramolecular Hbond substituents is 1. The number of hydrogen-bond donors (Lipinski definition) is 3. The summed E-state index contributed by atoms with van der Waals surface area (Å²) >= 11 is 1.35. The Hall–Kier alpha value is -3.91. The van der Waals surface area contributed by atoms with E-state index in [1.54, 1.807) is 18.2 Å². The summed E-state index contributed by atoms with van der Waals surface area (Å²) in [4.78, 5) is 26.0. The van der Waals surface area contributed by atoms with Gasteiger partial charge in [-0.2, -0.15) is 9.78 Å². The Morgan fingerprint density at radius 1 is 1.03 bits per heavy atom. The van der Waals surface area contributed by atoms with Crippen LogP contribution in [0.15, 0.2) is 72.1 Å². The monoisotopic (exact) mass is 486 g/mol. The molecule has 0 unspecified atom stereocenters. The van der Waals surface area contributed by atoms with Gasteiger partial charge in [0, 0.05) is 29.8 Å². The Kier molecular flexibility index (Phi) is 6.63. The lowest BCUT2D eigenvalue weighted by Crippen LogP contribution is -2.30. The van der Waals surface area contributed by atoms with Crippen LogP contribution in [0, 0.1) is 0 Å². The van der Waals surface area contributed by atoms with Gasteiger partial charge < -0.3 is 15.7 Å². The molecule has 2 amide bonds. The highest BCUT2D eigenvalue weighted by atomic mass is 32.1. The van der Waals surface area contributed by atoms with Crippen molar-refractivity contribution in [2.45, 2.75) is 38.1 Å². The number of rotatable bonds is 6. The number of nitrogens with zero attached hydrogens (tertiary/aromatic N) is 2. The third-order valence-corrected chi connectivity index (χ3v) is 7.13. The predicted molar refractivity (Wildman–Crippen MR) is 137 cm³/mol. The van der Waals surface area contributed by atoms with E-state index in [2.05, 4.69) is 15.7 Å². The lowest BCUT2D eigenvalue weighted by molar-refractivity contribution is 0.103. The summed E-state index contributed by atoms with van der Waals surface area (Å²) in [6.45, 7) is 0.406. The number of anilines is 1. The molecule has 7 nitrogen and oxygen atoms in total. The molecule has 0 bridgehead atoms. The van der Waals surface area contributed by atoms with Crippen molar-refractivity contribution in [3.63, 3.8) is 0 Å². The zero-order valence-corrected chi connectivity index (χ0v) is 19.9. The molecule has 0 aliphatic heterocycles. The van der Waals surface area contributed by atoms with Crippen LogP contribution >= 0.6 is 11.3 Å². The van der Waals surface area contributed by atoms with E-state index in [0.717, 1.165) is 36.9 Å². The Balaban J connectivity index is 1.39. The lowest BCUT2D eigenvalue weighted by atomic mass is 10.0. The SMILES string of the molecule is O=C(Nc1ccc(-c2cc(C3CCCC3)n(C(=O)NCc3ccccc3)n2)c(O)c1)c1cccs1. The zero-order chi connectivity index (χ0) is 24.2. The number of carbonyl (C=O) groups is 2. The molecule has 1 saturated carbocycles. The van der Waals surface area contributed by atoms with E-state index >= 15 is 0 Å². The molecule has 35 heavy (non-hydrogen) atoms. The summed E-state index contributed by atoms with van der Waals surface area (Å²) < 4.78 is 1.44. The molecule has 1 aliphatic rings. The number of hydrogen-bond acceptors (Lipinski definition) is 5. The van der Waals surface area contributed by atoms with Gasteiger partial charge in [0.1, 0.15) is 5.75 Å². The van der Waals surface area contributed by atoms with Crippen LogP contribution in [0.1, 0.15) is 52.5 Å². The van der Waals surface area contributed by atoms with E-state index in [1.807, 2.05) is 47.8 Å². The summed E-state index contributed by atoms with van der Waals surface area (Å²) in [5.74, 6) is 0.0153. The van der Waals surface area contributed by atoms with Gasteiger partial charge in [-0.1, -0.05) is 49.2 Å². The van der Waals surface area contributed by atoms with Crippen LogP contribution in [-0.4, -0.2) is 26.8 Å². The fourth-order valence-corrected chi connectivity index (χ4v) is 5.10. The van der Waals surface area contributed by atoms with Gasteiger partial charge >= 0.3 is 6.03 Å². The van der Waals surface area contributed by atoms with E-state index < -0.39 is 0 Å². The minimum Gasteiger partial charge on any atom is -0.507 e. The van der Waals surface area contributed by atoms with Crippen LogP contribution in [-0.2, 0) is 6.54 Å². The van der Waals surface area contributed by atoms with Gasteiger partial charge in [0.05, 0.1) is 16.3 Å². The van der Waals surface area contributed by atoms with Crippen LogP contribution in [0.5, 0.6) is 5.75 Å². The highest BCUT2D eigenvalue weighted by molar-refractivity contribution is 7.12. The number of nitrogens with one attached hydrogen (secondary N) is 2. The van der Waals surface area contributed by atoms with Gasteiger partial charge in [-0.05, 0) is 48.1 Å². The first-order chi connectivity index (χ1) is 17.1. The van der Waals surface area contributed by atoms with Crippen LogP contribution in [0.25, 0.3) is 11.3 Å². The molecule has 5 rings (SSSR count). The summed E-state index contributed by atoms with van der Waals surface area (Å²) in [5, 5.41) is 22.9. The van der Waals surface area contributed by atoms with Crippen LogP contribution in [0.4, 0.5) is 10.5 Å². The third-order valence-electron chi connectivity index (χ3n) is 6.27. The summed E-state index contributed by atoms with van der Waals surface area (Å²) in [6, 6.07) is 19.9. The van der Waals surface area contributed by atoms with Crippen LogP contribution in [0.2, 0.25) is 0 Å². The minimum absolute atomic E-state index is 0.0127. The first kappa shape index (κ1) is 22.9. The minimum atomic E-state index is -0.290. The smallest absolute Gasteiger partial charge is 0.342 e. The van der Waals surface area contributed by atoms with E-state index in [-0.39, 0.29) is 23.6 Å². The molecule has 4 aromatic rings. The molecule has 1 aliphatic carbocycles. The van der Waals surface area contributed by atoms with Crippen molar-refractivity contribution in [2.75, 3.05) is 5.32 Å². The fraction of sp³-hybridized carbons (Fsp3) is 0.222. The second-order valence-electron chi connectivity index (χ2n) is 8.66. The molecule has 178 valence electrons. The molecule has 3 N–H and O–H groups in total. The first-order valence-corrected chi connectivity index (χ1v) is 12.6. The van der Waals surface area contributed by atoms with Gasteiger partial charge in [0.2, 0.25) is 0 Å². The molecule has 2 aromatic carbocycles. The second kappa shape index (κ2) is 10.1. The highest BCUT2D eigenvalue weighted by Crippen LogP contribution is 2.38. The number of amides is 2. The van der Waals surface area contributed by atoms with Crippen molar-refractivity contribution >= 4 is 29.0 Å². The molecular formula is C27H26N4O3S. The largest absolute Gasteiger partial charge is 0.507 e. The number of carbonyl (C=O) groups excluding carboxylic acids is 2. The van der Waals surface area contributed by atoms with Crippen LogP contribution in [0.3, 0.4) is 0 Å². The lowest BCUT2D eigenvalue weighted by Gasteiger charge is -2.12. The second-order valence-corrected chi connectivity index (χ2v) is 9.60. The van der Waals surface area contributed by atoms with Crippen molar-refractivity contribution in [2.24, 2.45) is 0 Å². The van der Waals surface area contributed by atoms with Crippen molar-refractivity contribution < 1.29 is 14.7 Å². The molecular weight excluding hydrogens is 460 g/mol. The maximum atomic E-state index is 13.1. The summed E-state index contributed by atoms with van der Waals surface area (Å²) in [5.41, 5.74) is 3.38. The Morgan fingerprint density at radius 2 is 1.83 bits per heavy atom. The van der Waals surface area contributed by atoms with Crippen molar-refractivity contribution in [1.82, 2.24) is 15.1 Å². The number of benzene rings is 2. The Bertz CT molecular complexity index is 1330. The molecule has 0 atom stereocenters. The topological polar surface area (TPSA) is 96.3 Å². The Labute approximate surface area is 207 Å². The quantitative estimate of drug-likeness (QED) is 0.312. The van der Waals surface area contributed by atoms with Gasteiger partial charge in [-0.25, -0.2) is 4.79 Å². The molecule has 2 aromatic heterocycles. The maximum Gasteiger partial charge on any atom is 0.342 e. The van der Waals surface area contributed by atoms with Crippen molar-refractivity contribution in [1.29, 1.82) is 0 Å². The third kappa shape index (κ3) is 5.12. The first-order valence-electron chi connectivity index (χ1n) is 11.7. The molecule has 0 saturated heterocycles. The van der Waals surface area contributed by atoms with Gasteiger partial charge in [0.25, 0.3) is 5.91 Å². The number of aromatic nitrogens is 2. The van der Waals surface area contributed by atoms with Gasteiger partial charge in [-0.3, -0.25) is 4.79 Å².